The predicted molar refractivity (Wildman–Crippen MR) is 98.2 cm³/mol. The molecule has 0 aliphatic rings. The summed E-state index contributed by atoms with van der Waals surface area (Å²) < 4.78 is 133. The van der Waals surface area contributed by atoms with Crippen molar-refractivity contribution in [3.63, 3.8) is 0 Å². The number of ether oxygens (including phenoxy) is 2. The lowest BCUT2D eigenvalue weighted by Crippen LogP contribution is -2.18. The van der Waals surface area contributed by atoms with E-state index in [4.69, 9.17) is 20.9 Å². The number of hydrogen-bond donors (Lipinski definition) is 2. The number of hydrogen-bond acceptors (Lipinski definition) is 4. The Bertz CT molecular complexity index is 1080. The molecular formula is C20H11F9N2O2. The molecule has 0 aliphatic carbocycles. The van der Waals surface area contributed by atoms with Crippen LogP contribution in [0, 0.1) is 17.5 Å². The fourth-order valence-corrected chi connectivity index (χ4v) is 2.83. The van der Waals surface area contributed by atoms with Gasteiger partial charge in [-0.05, 0) is 12.1 Å². The highest BCUT2D eigenvalue weighted by molar-refractivity contribution is 5.55. The predicted octanol–water partition coefficient (Wildman–Crippen LogP) is 6.89. The SMILES string of the molecule is Nc1cc(F)cc(Oc2cc(Oc3cc(N)cc(F)c3)c(C(F)(F)F)c(F)c2C(F)(F)F)c1. The van der Waals surface area contributed by atoms with Crippen molar-refractivity contribution in [1.29, 1.82) is 0 Å². The number of nitrogen functional groups attached to an aromatic ring is 2. The van der Waals surface area contributed by atoms with Gasteiger partial charge in [0.25, 0.3) is 0 Å². The monoisotopic (exact) mass is 482 g/mol. The molecule has 0 fully saturated rings. The molecule has 0 saturated carbocycles. The van der Waals surface area contributed by atoms with Crippen molar-refractivity contribution < 1.29 is 49.0 Å². The number of nitrogens with two attached hydrogens (primary N) is 2. The maximum atomic E-state index is 14.7. The second-order valence-corrected chi connectivity index (χ2v) is 6.58. The van der Waals surface area contributed by atoms with Gasteiger partial charge in [-0.1, -0.05) is 0 Å². The van der Waals surface area contributed by atoms with Crippen molar-refractivity contribution in [3.8, 4) is 23.0 Å². The number of halogens is 9. The Morgan fingerprint density at radius 2 is 0.909 bits per heavy atom. The van der Waals surface area contributed by atoms with Gasteiger partial charge in [-0.15, -0.1) is 0 Å². The van der Waals surface area contributed by atoms with Crippen molar-refractivity contribution in [2.75, 3.05) is 11.5 Å². The van der Waals surface area contributed by atoms with E-state index in [1.807, 2.05) is 0 Å². The average molecular weight is 482 g/mol. The smallest absolute Gasteiger partial charge is 0.422 e. The first-order valence-corrected chi connectivity index (χ1v) is 8.64. The lowest BCUT2D eigenvalue weighted by atomic mass is 10.1. The van der Waals surface area contributed by atoms with Crippen LogP contribution in [0.1, 0.15) is 11.1 Å². The van der Waals surface area contributed by atoms with Crippen LogP contribution in [0.15, 0.2) is 42.5 Å². The molecule has 0 saturated heterocycles. The molecule has 3 rings (SSSR count). The van der Waals surface area contributed by atoms with Crippen LogP contribution in [0.5, 0.6) is 23.0 Å². The summed E-state index contributed by atoms with van der Waals surface area (Å²) in [5, 5.41) is 0. The lowest BCUT2D eigenvalue weighted by molar-refractivity contribution is -0.148. The molecule has 4 nitrogen and oxygen atoms in total. The zero-order chi connectivity index (χ0) is 24.7. The van der Waals surface area contributed by atoms with Crippen LogP contribution in [0.4, 0.5) is 50.9 Å². The third-order valence-corrected chi connectivity index (χ3v) is 4.00. The molecule has 176 valence electrons. The molecule has 4 N–H and O–H groups in total. The van der Waals surface area contributed by atoms with Gasteiger partial charge in [-0.3, -0.25) is 0 Å². The maximum absolute atomic E-state index is 14.7. The molecule has 33 heavy (non-hydrogen) atoms. The van der Waals surface area contributed by atoms with Crippen LogP contribution in [-0.4, -0.2) is 0 Å². The summed E-state index contributed by atoms with van der Waals surface area (Å²) in [6, 6.07) is 4.51. The second-order valence-electron chi connectivity index (χ2n) is 6.58. The van der Waals surface area contributed by atoms with Crippen LogP contribution in [-0.2, 0) is 12.4 Å². The van der Waals surface area contributed by atoms with E-state index in [-0.39, 0.29) is 17.4 Å². The van der Waals surface area contributed by atoms with Gasteiger partial charge in [0.05, 0.1) is 0 Å². The highest BCUT2D eigenvalue weighted by Crippen LogP contribution is 2.49. The maximum Gasteiger partial charge on any atom is 0.422 e. The van der Waals surface area contributed by atoms with Gasteiger partial charge in [0, 0.05) is 41.7 Å². The van der Waals surface area contributed by atoms with Gasteiger partial charge in [0.2, 0.25) is 0 Å². The van der Waals surface area contributed by atoms with Crippen LogP contribution < -0.4 is 20.9 Å². The van der Waals surface area contributed by atoms with E-state index in [9.17, 15) is 39.5 Å². The molecule has 3 aromatic carbocycles. The first-order valence-electron chi connectivity index (χ1n) is 8.64. The zero-order valence-electron chi connectivity index (χ0n) is 15.9. The molecule has 0 unspecified atom stereocenters. The fourth-order valence-electron chi connectivity index (χ4n) is 2.83. The number of rotatable bonds is 4. The molecular weight excluding hydrogens is 471 g/mol. The van der Waals surface area contributed by atoms with Gasteiger partial charge in [0.1, 0.15) is 45.8 Å². The molecule has 13 heteroatoms. The van der Waals surface area contributed by atoms with Crippen molar-refractivity contribution in [2.45, 2.75) is 12.4 Å². The van der Waals surface area contributed by atoms with Crippen molar-refractivity contribution in [3.05, 3.63) is 71.0 Å². The quantitative estimate of drug-likeness (QED) is 0.314. The molecule has 0 amide bonds. The number of benzene rings is 3. The minimum Gasteiger partial charge on any atom is -0.456 e. The number of anilines is 2. The van der Waals surface area contributed by atoms with Crippen LogP contribution in [0.2, 0.25) is 0 Å². The molecule has 0 bridgehead atoms. The summed E-state index contributed by atoms with van der Waals surface area (Å²) in [6.07, 6.45) is -11.3. The Morgan fingerprint density at radius 3 is 1.21 bits per heavy atom. The van der Waals surface area contributed by atoms with E-state index in [0.29, 0.717) is 12.1 Å². The van der Waals surface area contributed by atoms with Crippen molar-refractivity contribution in [2.24, 2.45) is 0 Å². The van der Waals surface area contributed by atoms with E-state index in [1.54, 1.807) is 0 Å². The Labute approximate surface area is 179 Å². The number of alkyl halides is 6. The normalized spacial score (nSPS) is 12.0. The Morgan fingerprint density at radius 1 is 0.545 bits per heavy atom. The van der Waals surface area contributed by atoms with E-state index in [0.717, 1.165) is 24.3 Å². The van der Waals surface area contributed by atoms with Crippen molar-refractivity contribution >= 4 is 11.4 Å². The minimum atomic E-state index is -5.67. The Kier molecular flexibility index (Phi) is 6.00. The highest BCUT2D eigenvalue weighted by Gasteiger charge is 2.47. The molecule has 3 aromatic rings. The van der Waals surface area contributed by atoms with Crippen LogP contribution in [0.25, 0.3) is 0 Å². The average Bonchev–Trinajstić information content (AvgIpc) is 2.56. The molecule has 0 radical (unpaired) electrons. The van der Waals surface area contributed by atoms with Gasteiger partial charge in [-0.25, -0.2) is 13.2 Å². The van der Waals surface area contributed by atoms with E-state index in [1.165, 1.54) is 0 Å². The highest BCUT2D eigenvalue weighted by atomic mass is 19.4. The summed E-state index contributed by atoms with van der Waals surface area (Å²) in [7, 11) is 0. The third-order valence-electron chi connectivity index (χ3n) is 4.00. The van der Waals surface area contributed by atoms with Gasteiger partial charge in [0.15, 0.2) is 5.82 Å². The summed E-state index contributed by atoms with van der Waals surface area (Å²) >= 11 is 0. The summed E-state index contributed by atoms with van der Waals surface area (Å²) in [5.41, 5.74) is 5.30. The molecule has 0 aliphatic heterocycles. The lowest BCUT2D eigenvalue weighted by Gasteiger charge is -2.21. The first-order chi connectivity index (χ1) is 15.1. The Hall–Kier alpha value is -3.77. The standard InChI is InChI=1S/C20H11F9N2O2/c21-8-1-10(30)5-12(3-8)32-14-7-15(33-13-4-9(22)2-11(31)6-13)17(20(27,28)29)18(23)16(14)19(24,25)26/h1-7H,30-31H2. The van der Waals surface area contributed by atoms with Crippen molar-refractivity contribution in [1.82, 2.24) is 0 Å². The summed E-state index contributed by atoms with van der Waals surface area (Å²) in [4.78, 5) is 0. The topological polar surface area (TPSA) is 70.5 Å². The zero-order valence-corrected chi connectivity index (χ0v) is 15.9. The fraction of sp³-hybridized carbons (Fsp3) is 0.100. The molecule has 0 atom stereocenters. The first kappa shape index (κ1) is 23.9. The molecule has 0 aromatic heterocycles. The van der Waals surface area contributed by atoms with E-state index in [2.05, 4.69) is 0 Å². The van der Waals surface area contributed by atoms with Crippen LogP contribution in [0.3, 0.4) is 0 Å². The Balaban J connectivity index is 2.26. The van der Waals surface area contributed by atoms with Gasteiger partial charge < -0.3 is 20.9 Å². The van der Waals surface area contributed by atoms with Gasteiger partial charge >= 0.3 is 12.4 Å². The third kappa shape index (κ3) is 5.35. The minimum absolute atomic E-state index is 0.0942. The largest absolute Gasteiger partial charge is 0.456 e. The van der Waals surface area contributed by atoms with Crippen LogP contribution >= 0.6 is 0 Å². The van der Waals surface area contributed by atoms with E-state index < -0.39 is 63.9 Å². The van der Waals surface area contributed by atoms with E-state index >= 15 is 0 Å². The molecule has 0 heterocycles. The molecule has 0 spiro atoms. The second kappa shape index (κ2) is 8.30. The van der Waals surface area contributed by atoms with Gasteiger partial charge in [-0.2, -0.15) is 26.3 Å². The summed E-state index contributed by atoms with van der Waals surface area (Å²) in [6.45, 7) is 0. The summed E-state index contributed by atoms with van der Waals surface area (Å²) in [5.74, 6) is -9.17.